The molecule has 0 aliphatic carbocycles. The lowest BCUT2D eigenvalue weighted by molar-refractivity contribution is 0.0945. The second-order valence-corrected chi connectivity index (χ2v) is 8.44. The standard InChI is InChI=1S/C21H26N2O4S/c1-16(2)12-14-27-20-10-8-19(9-11-20)21(24)22-23-28(25,26)15-13-18-6-4-17(3)5-7-18/h4-11,13,15-16,23H,12,14H2,1-3H3,(H,22,24)/b15-13+. The first-order chi connectivity index (χ1) is 13.2. The van der Waals surface area contributed by atoms with Crippen LogP contribution < -0.4 is 15.0 Å². The highest BCUT2D eigenvalue weighted by molar-refractivity contribution is 7.92. The SMILES string of the molecule is Cc1ccc(/C=C/S(=O)(=O)NNC(=O)c2ccc(OCCC(C)C)cc2)cc1. The van der Waals surface area contributed by atoms with E-state index in [0.717, 1.165) is 23.0 Å². The monoisotopic (exact) mass is 402 g/mol. The summed E-state index contributed by atoms with van der Waals surface area (Å²) in [6.07, 6.45) is 2.40. The number of sulfonamides is 1. The Morgan fingerprint density at radius 3 is 2.32 bits per heavy atom. The maximum atomic E-state index is 12.1. The van der Waals surface area contributed by atoms with Crippen molar-refractivity contribution < 1.29 is 17.9 Å². The largest absolute Gasteiger partial charge is 0.494 e. The number of carbonyl (C=O) groups is 1. The topological polar surface area (TPSA) is 84.5 Å². The summed E-state index contributed by atoms with van der Waals surface area (Å²) >= 11 is 0. The van der Waals surface area contributed by atoms with Gasteiger partial charge >= 0.3 is 0 Å². The van der Waals surface area contributed by atoms with Gasteiger partial charge in [-0.3, -0.25) is 10.2 Å². The summed E-state index contributed by atoms with van der Waals surface area (Å²) in [5.41, 5.74) is 4.34. The molecule has 0 fully saturated rings. The van der Waals surface area contributed by atoms with Crippen molar-refractivity contribution >= 4 is 22.0 Å². The molecular formula is C21H26N2O4S. The first-order valence-electron chi connectivity index (χ1n) is 9.05. The smallest absolute Gasteiger partial charge is 0.266 e. The van der Waals surface area contributed by atoms with E-state index in [1.54, 1.807) is 24.3 Å². The average molecular weight is 403 g/mol. The van der Waals surface area contributed by atoms with Crippen LogP contribution in [0.2, 0.25) is 0 Å². The summed E-state index contributed by atoms with van der Waals surface area (Å²) in [5.74, 6) is 0.665. The third-order valence-electron chi connectivity index (χ3n) is 3.90. The van der Waals surface area contributed by atoms with Gasteiger partial charge < -0.3 is 4.74 Å². The van der Waals surface area contributed by atoms with Crippen molar-refractivity contribution in [3.63, 3.8) is 0 Å². The van der Waals surface area contributed by atoms with Crippen molar-refractivity contribution in [2.75, 3.05) is 6.61 Å². The van der Waals surface area contributed by atoms with Gasteiger partial charge in [0, 0.05) is 11.0 Å². The summed E-state index contributed by atoms with van der Waals surface area (Å²) in [4.78, 5) is 14.2. The fourth-order valence-corrected chi connectivity index (χ4v) is 2.82. The van der Waals surface area contributed by atoms with Gasteiger partial charge in [-0.15, -0.1) is 4.83 Å². The minimum absolute atomic E-state index is 0.321. The first-order valence-corrected chi connectivity index (χ1v) is 10.6. The lowest BCUT2D eigenvalue weighted by Gasteiger charge is -2.09. The fourth-order valence-electron chi connectivity index (χ4n) is 2.18. The van der Waals surface area contributed by atoms with Gasteiger partial charge in [-0.1, -0.05) is 43.7 Å². The van der Waals surface area contributed by atoms with Crippen LogP contribution in [0.5, 0.6) is 5.75 Å². The van der Waals surface area contributed by atoms with E-state index in [1.165, 1.54) is 6.08 Å². The van der Waals surface area contributed by atoms with Gasteiger partial charge in [0.05, 0.1) is 6.61 Å². The van der Waals surface area contributed by atoms with Crippen molar-refractivity contribution in [2.24, 2.45) is 5.92 Å². The number of hydrogen-bond donors (Lipinski definition) is 2. The van der Waals surface area contributed by atoms with Gasteiger partial charge in [0.15, 0.2) is 0 Å². The van der Waals surface area contributed by atoms with Gasteiger partial charge in [-0.2, -0.15) is 0 Å². The summed E-state index contributed by atoms with van der Waals surface area (Å²) < 4.78 is 29.6. The minimum atomic E-state index is -3.81. The second kappa shape index (κ2) is 10.1. The van der Waals surface area contributed by atoms with Crippen molar-refractivity contribution in [1.29, 1.82) is 0 Å². The van der Waals surface area contributed by atoms with E-state index in [2.05, 4.69) is 24.1 Å². The summed E-state index contributed by atoms with van der Waals surface area (Å²) in [5, 5.41) is 1.00. The van der Waals surface area contributed by atoms with Gasteiger partial charge in [-0.25, -0.2) is 8.42 Å². The number of amides is 1. The van der Waals surface area contributed by atoms with Gasteiger partial charge in [0.25, 0.3) is 15.9 Å². The number of ether oxygens (including phenoxy) is 1. The molecule has 0 heterocycles. The molecule has 0 aromatic heterocycles. The first kappa shape index (κ1) is 21.7. The molecule has 150 valence electrons. The molecule has 2 N–H and O–H groups in total. The molecule has 0 atom stereocenters. The van der Waals surface area contributed by atoms with Crippen molar-refractivity contribution in [3.05, 3.63) is 70.6 Å². The molecule has 0 spiro atoms. The highest BCUT2D eigenvalue weighted by Crippen LogP contribution is 2.13. The Hall–Kier alpha value is -2.64. The van der Waals surface area contributed by atoms with Crippen molar-refractivity contribution in [1.82, 2.24) is 10.3 Å². The Kier molecular flexibility index (Phi) is 7.78. The zero-order chi connectivity index (χ0) is 20.6. The fraction of sp³-hybridized carbons (Fsp3) is 0.286. The molecule has 1 amide bonds. The van der Waals surface area contributed by atoms with Crippen LogP contribution in [0.3, 0.4) is 0 Å². The van der Waals surface area contributed by atoms with Crippen LogP contribution >= 0.6 is 0 Å². The second-order valence-electron chi connectivity index (χ2n) is 6.87. The Balaban J connectivity index is 1.87. The Labute approximate surface area is 166 Å². The molecule has 2 aromatic rings. The third kappa shape index (κ3) is 7.54. The Bertz CT molecular complexity index is 902. The average Bonchev–Trinajstić information content (AvgIpc) is 2.66. The molecule has 0 aliphatic heterocycles. The van der Waals surface area contributed by atoms with E-state index in [-0.39, 0.29) is 0 Å². The van der Waals surface area contributed by atoms with Crippen molar-refractivity contribution in [2.45, 2.75) is 27.2 Å². The van der Waals surface area contributed by atoms with Gasteiger partial charge in [0.2, 0.25) is 0 Å². The van der Waals surface area contributed by atoms with Crippen LogP contribution in [-0.4, -0.2) is 20.9 Å². The van der Waals surface area contributed by atoms with E-state index >= 15 is 0 Å². The van der Waals surface area contributed by atoms with Crippen LogP contribution in [0.1, 0.15) is 41.8 Å². The number of hydrogen-bond acceptors (Lipinski definition) is 4. The normalized spacial score (nSPS) is 11.7. The van der Waals surface area contributed by atoms with E-state index in [9.17, 15) is 13.2 Å². The molecule has 0 radical (unpaired) electrons. The molecule has 6 nitrogen and oxygen atoms in total. The number of carbonyl (C=O) groups excluding carboxylic acids is 1. The number of nitrogens with one attached hydrogen (secondary N) is 2. The van der Waals surface area contributed by atoms with Gasteiger partial charge in [-0.05, 0) is 55.2 Å². The zero-order valence-corrected chi connectivity index (χ0v) is 17.1. The molecule has 0 bridgehead atoms. The third-order valence-corrected chi connectivity index (χ3v) is 4.79. The van der Waals surface area contributed by atoms with E-state index in [4.69, 9.17) is 4.74 Å². The lowest BCUT2D eigenvalue weighted by Crippen LogP contribution is -2.40. The van der Waals surface area contributed by atoms with Crippen molar-refractivity contribution in [3.8, 4) is 5.75 Å². The predicted molar refractivity (Wildman–Crippen MR) is 111 cm³/mol. The van der Waals surface area contributed by atoms with Crippen LogP contribution in [0.25, 0.3) is 6.08 Å². The van der Waals surface area contributed by atoms with Crippen LogP contribution in [0, 0.1) is 12.8 Å². The predicted octanol–water partition coefficient (Wildman–Crippen LogP) is 3.66. The molecule has 2 aromatic carbocycles. The molecule has 28 heavy (non-hydrogen) atoms. The zero-order valence-electron chi connectivity index (χ0n) is 16.3. The van der Waals surface area contributed by atoms with E-state index in [0.29, 0.717) is 23.8 Å². The molecule has 0 unspecified atom stereocenters. The van der Waals surface area contributed by atoms with Crippen LogP contribution in [-0.2, 0) is 10.0 Å². The molecule has 0 aliphatic rings. The molecule has 0 saturated heterocycles. The Morgan fingerprint density at radius 1 is 1.07 bits per heavy atom. The van der Waals surface area contributed by atoms with E-state index < -0.39 is 15.9 Å². The Morgan fingerprint density at radius 2 is 1.71 bits per heavy atom. The maximum Gasteiger partial charge on any atom is 0.266 e. The van der Waals surface area contributed by atoms with E-state index in [1.807, 2.05) is 31.2 Å². The minimum Gasteiger partial charge on any atom is -0.494 e. The molecule has 7 heteroatoms. The molecule has 2 rings (SSSR count). The number of hydrazine groups is 1. The highest BCUT2D eigenvalue weighted by atomic mass is 32.2. The van der Waals surface area contributed by atoms with Gasteiger partial charge in [0.1, 0.15) is 5.75 Å². The summed E-state index contributed by atoms with van der Waals surface area (Å²) in [6, 6.07) is 13.9. The highest BCUT2D eigenvalue weighted by Gasteiger charge is 2.10. The van der Waals surface area contributed by atoms with Crippen LogP contribution in [0.4, 0.5) is 0 Å². The number of aryl methyl sites for hydroxylation is 1. The quantitative estimate of drug-likeness (QED) is 0.627. The number of rotatable bonds is 9. The maximum absolute atomic E-state index is 12.1. The number of benzene rings is 2. The van der Waals surface area contributed by atoms with Crippen LogP contribution in [0.15, 0.2) is 53.9 Å². The summed E-state index contributed by atoms with van der Waals surface area (Å²) in [6.45, 7) is 6.80. The molecular weight excluding hydrogens is 376 g/mol. The lowest BCUT2D eigenvalue weighted by atomic mass is 10.1. The summed E-state index contributed by atoms with van der Waals surface area (Å²) in [7, 11) is -3.81. The molecule has 0 saturated carbocycles.